The third-order valence-electron chi connectivity index (χ3n) is 3.93. The summed E-state index contributed by atoms with van der Waals surface area (Å²) in [6.45, 7) is 1.44. The highest BCUT2D eigenvalue weighted by Gasteiger charge is 2.30. The average Bonchev–Trinajstić information content (AvgIpc) is 3.07. The number of furan rings is 1. The van der Waals surface area contributed by atoms with Crippen molar-refractivity contribution in [2.45, 2.75) is 32.0 Å². The minimum atomic E-state index is 0.285. The van der Waals surface area contributed by atoms with Gasteiger partial charge in [0.05, 0.1) is 12.8 Å². The lowest BCUT2D eigenvalue weighted by Crippen LogP contribution is -2.25. The van der Waals surface area contributed by atoms with Gasteiger partial charge in [-0.25, -0.2) is 0 Å². The fraction of sp³-hybridized carbons (Fsp3) is 0.294. The smallest absolute Gasteiger partial charge is 0.293 e. The van der Waals surface area contributed by atoms with Gasteiger partial charge in [-0.15, -0.1) is 0 Å². The summed E-state index contributed by atoms with van der Waals surface area (Å²) in [7, 11) is 0. The lowest BCUT2D eigenvalue weighted by Gasteiger charge is -2.20. The summed E-state index contributed by atoms with van der Waals surface area (Å²) in [5.41, 5.74) is 1.16. The van der Waals surface area contributed by atoms with E-state index >= 15 is 0 Å². The Balaban J connectivity index is 1.47. The number of phenolic OH excluding ortho intramolecular Hbond substituents is 1. The van der Waals surface area contributed by atoms with Gasteiger partial charge in [-0.1, -0.05) is 17.3 Å². The number of nitrogens with zero attached hydrogens (tertiary/aromatic N) is 3. The van der Waals surface area contributed by atoms with E-state index in [0.717, 1.165) is 12.1 Å². The van der Waals surface area contributed by atoms with Crippen molar-refractivity contribution in [3.8, 4) is 17.4 Å². The van der Waals surface area contributed by atoms with Crippen LogP contribution in [0.5, 0.6) is 5.75 Å². The van der Waals surface area contributed by atoms with Crippen LogP contribution >= 0.6 is 0 Å². The number of hydrogen-bond donors (Lipinski definition) is 1. The van der Waals surface area contributed by atoms with Gasteiger partial charge in [-0.2, -0.15) is 4.98 Å². The Morgan fingerprint density at radius 3 is 2.65 bits per heavy atom. The summed E-state index contributed by atoms with van der Waals surface area (Å²) in [6.07, 6.45) is 3.97. The van der Waals surface area contributed by atoms with Gasteiger partial charge in [0, 0.05) is 12.6 Å². The average molecular weight is 311 g/mol. The normalized spacial score (nSPS) is 14.5. The molecule has 118 valence electrons. The summed E-state index contributed by atoms with van der Waals surface area (Å²) in [4.78, 5) is 6.74. The van der Waals surface area contributed by atoms with E-state index in [1.807, 2.05) is 12.1 Å². The molecule has 23 heavy (non-hydrogen) atoms. The molecule has 6 nitrogen and oxygen atoms in total. The number of hydrogen-bond acceptors (Lipinski definition) is 6. The van der Waals surface area contributed by atoms with Gasteiger partial charge < -0.3 is 14.0 Å². The molecule has 0 amide bonds. The van der Waals surface area contributed by atoms with Crippen LogP contribution in [0.25, 0.3) is 11.7 Å². The molecule has 2 heterocycles. The minimum Gasteiger partial charge on any atom is -0.508 e. The first-order valence-corrected chi connectivity index (χ1v) is 7.66. The lowest BCUT2D eigenvalue weighted by molar-refractivity contribution is 0.235. The molecule has 4 rings (SSSR count). The maximum atomic E-state index is 9.39. The molecular weight excluding hydrogens is 294 g/mol. The molecule has 1 aromatic carbocycles. The fourth-order valence-electron chi connectivity index (χ4n) is 2.59. The summed E-state index contributed by atoms with van der Waals surface area (Å²) < 4.78 is 10.5. The lowest BCUT2D eigenvalue weighted by atomic mass is 10.2. The van der Waals surface area contributed by atoms with Crippen molar-refractivity contribution >= 4 is 0 Å². The topological polar surface area (TPSA) is 75.5 Å². The van der Waals surface area contributed by atoms with E-state index in [9.17, 15) is 5.11 Å². The zero-order valence-electron chi connectivity index (χ0n) is 12.6. The van der Waals surface area contributed by atoms with Crippen molar-refractivity contribution in [1.82, 2.24) is 15.0 Å². The second-order valence-corrected chi connectivity index (χ2v) is 5.80. The predicted molar refractivity (Wildman–Crippen MR) is 82.4 cm³/mol. The molecule has 0 saturated heterocycles. The van der Waals surface area contributed by atoms with Crippen LogP contribution in [0.2, 0.25) is 0 Å². The minimum absolute atomic E-state index is 0.285. The van der Waals surface area contributed by atoms with E-state index in [1.54, 1.807) is 30.5 Å². The monoisotopic (exact) mass is 311 g/mol. The van der Waals surface area contributed by atoms with E-state index in [-0.39, 0.29) is 5.75 Å². The number of rotatable bonds is 6. The Morgan fingerprint density at radius 2 is 1.96 bits per heavy atom. The molecule has 0 bridgehead atoms. The van der Waals surface area contributed by atoms with Crippen molar-refractivity contribution in [2.75, 3.05) is 0 Å². The molecule has 1 fully saturated rings. The fourth-order valence-corrected chi connectivity index (χ4v) is 2.59. The van der Waals surface area contributed by atoms with E-state index in [0.29, 0.717) is 30.1 Å². The highest BCUT2D eigenvalue weighted by molar-refractivity contribution is 5.42. The van der Waals surface area contributed by atoms with E-state index < -0.39 is 0 Å². The van der Waals surface area contributed by atoms with Crippen molar-refractivity contribution < 1.29 is 14.0 Å². The first-order valence-electron chi connectivity index (χ1n) is 7.66. The Hall–Kier alpha value is -2.60. The third-order valence-corrected chi connectivity index (χ3v) is 3.93. The third kappa shape index (κ3) is 3.27. The van der Waals surface area contributed by atoms with Crippen molar-refractivity contribution in [3.63, 3.8) is 0 Å². The molecular formula is C17H17N3O3. The van der Waals surface area contributed by atoms with Gasteiger partial charge in [0.2, 0.25) is 0 Å². The molecule has 3 aromatic rings. The zero-order valence-corrected chi connectivity index (χ0v) is 12.6. The maximum Gasteiger partial charge on any atom is 0.293 e. The number of phenols is 1. The van der Waals surface area contributed by atoms with E-state index in [4.69, 9.17) is 8.94 Å². The van der Waals surface area contributed by atoms with Crippen LogP contribution in [0.1, 0.15) is 24.2 Å². The van der Waals surface area contributed by atoms with Crippen LogP contribution < -0.4 is 0 Å². The highest BCUT2D eigenvalue weighted by Crippen LogP contribution is 2.30. The molecule has 0 radical (unpaired) electrons. The summed E-state index contributed by atoms with van der Waals surface area (Å²) in [6, 6.07) is 11.5. The van der Waals surface area contributed by atoms with Crippen molar-refractivity contribution in [3.05, 3.63) is 54.0 Å². The van der Waals surface area contributed by atoms with Gasteiger partial charge in [-0.3, -0.25) is 4.90 Å². The first kappa shape index (κ1) is 14.0. The summed E-state index contributed by atoms with van der Waals surface area (Å²) >= 11 is 0. The second kappa shape index (κ2) is 5.89. The molecule has 6 heteroatoms. The van der Waals surface area contributed by atoms with Crippen LogP contribution in [0.15, 0.2) is 51.6 Å². The molecule has 1 saturated carbocycles. The number of benzene rings is 1. The molecule has 1 aliphatic carbocycles. The summed E-state index contributed by atoms with van der Waals surface area (Å²) in [5, 5.41) is 13.4. The van der Waals surface area contributed by atoms with Gasteiger partial charge in [0.15, 0.2) is 11.6 Å². The SMILES string of the molecule is Oc1ccc(CN(Cc2noc(-c3ccco3)n2)C2CC2)cc1. The molecule has 0 spiro atoms. The van der Waals surface area contributed by atoms with Crippen molar-refractivity contribution in [1.29, 1.82) is 0 Å². The number of aromatic hydroxyl groups is 1. The largest absolute Gasteiger partial charge is 0.508 e. The Labute approximate surface area is 133 Å². The quantitative estimate of drug-likeness (QED) is 0.753. The van der Waals surface area contributed by atoms with Crippen molar-refractivity contribution in [2.24, 2.45) is 0 Å². The predicted octanol–water partition coefficient (Wildman–Crippen LogP) is 3.20. The molecule has 1 aliphatic rings. The zero-order chi connectivity index (χ0) is 15.6. The van der Waals surface area contributed by atoms with Crippen LogP contribution in [0.4, 0.5) is 0 Å². The van der Waals surface area contributed by atoms with E-state index in [1.165, 1.54) is 12.8 Å². The maximum absolute atomic E-state index is 9.39. The Kier molecular flexibility index (Phi) is 3.59. The number of aromatic nitrogens is 2. The van der Waals surface area contributed by atoms with Crippen LogP contribution in [0.3, 0.4) is 0 Å². The molecule has 0 atom stereocenters. The molecule has 2 aromatic heterocycles. The second-order valence-electron chi connectivity index (χ2n) is 5.80. The highest BCUT2D eigenvalue weighted by atomic mass is 16.5. The molecule has 1 N–H and O–H groups in total. The Morgan fingerprint density at radius 1 is 1.13 bits per heavy atom. The van der Waals surface area contributed by atoms with Gasteiger partial charge in [-0.05, 0) is 42.7 Å². The standard InChI is InChI=1S/C17H17N3O3/c21-14-7-3-12(4-8-14)10-20(13-5-6-13)11-16-18-17(23-19-16)15-2-1-9-22-15/h1-4,7-9,13,21H,5-6,10-11H2. The molecule has 0 aliphatic heterocycles. The Bertz CT molecular complexity index is 761. The summed E-state index contributed by atoms with van der Waals surface area (Å²) in [5.74, 6) is 1.93. The van der Waals surface area contributed by atoms with Gasteiger partial charge in [0.25, 0.3) is 5.89 Å². The molecule has 0 unspecified atom stereocenters. The first-order chi connectivity index (χ1) is 11.3. The van der Waals surface area contributed by atoms with Crippen LogP contribution in [-0.4, -0.2) is 26.2 Å². The van der Waals surface area contributed by atoms with Crippen LogP contribution in [-0.2, 0) is 13.1 Å². The van der Waals surface area contributed by atoms with Crippen LogP contribution in [0, 0.1) is 0 Å². The van der Waals surface area contributed by atoms with Gasteiger partial charge >= 0.3 is 0 Å². The van der Waals surface area contributed by atoms with E-state index in [2.05, 4.69) is 15.0 Å². The van der Waals surface area contributed by atoms with Gasteiger partial charge in [0.1, 0.15) is 5.75 Å².